The van der Waals surface area contributed by atoms with Crippen molar-refractivity contribution in [1.29, 1.82) is 0 Å². The molecule has 0 amide bonds. The van der Waals surface area contributed by atoms with Gasteiger partial charge in [-0.2, -0.15) is 0 Å². The van der Waals surface area contributed by atoms with E-state index >= 15 is 0 Å². The van der Waals surface area contributed by atoms with Crippen LogP contribution < -0.4 is 9.47 Å². The molecule has 2 aromatic rings. The first-order chi connectivity index (χ1) is 11.6. The van der Waals surface area contributed by atoms with Crippen molar-refractivity contribution in [2.75, 3.05) is 11.4 Å². The number of aromatic hydroxyl groups is 1. The minimum atomic E-state index is -0.950. The summed E-state index contributed by atoms with van der Waals surface area (Å²) >= 11 is 0. The highest BCUT2D eigenvalue weighted by atomic mass is 16.4. The van der Waals surface area contributed by atoms with Gasteiger partial charge < -0.3 is 15.1 Å². The summed E-state index contributed by atoms with van der Waals surface area (Å²) in [5.41, 5.74) is 3.30. The first-order valence-corrected chi connectivity index (χ1v) is 7.78. The monoisotopic (exact) mass is 323 g/mol. The Balaban J connectivity index is 2.03. The molecule has 1 aromatic carbocycles. The van der Waals surface area contributed by atoms with E-state index in [0.29, 0.717) is 5.69 Å². The third kappa shape index (κ3) is 3.15. The fraction of sp³-hybridized carbons (Fsp3) is 0.158. The Bertz CT molecular complexity index is 823. The van der Waals surface area contributed by atoms with Crippen LogP contribution in [0.4, 0.5) is 5.69 Å². The number of hydrogen-bond acceptors (Lipinski definition) is 3. The highest BCUT2D eigenvalue weighted by Crippen LogP contribution is 2.39. The molecule has 0 aliphatic carbocycles. The summed E-state index contributed by atoms with van der Waals surface area (Å²) in [6.45, 7) is 2.80. The lowest BCUT2D eigenvalue weighted by atomic mass is 9.97. The summed E-state index contributed by atoms with van der Waals surface area (Å²) in [7, 11) is 0. The molecule has 2 heterocycles. The zero-order valence-corrected chi connectivity index (χ0v) is 13.4. The molecule has 1 aromatic heterocycles. The molecule has 24 heavy (non-hydrogen) atoms. The fourth-order valence-corrected chi connectivity index (χ4v) is 2.76. The highest BCUT2D eigenvalue weighted by molar-refractivity contribution is 5.97. The Labute approximate surface area is 140 Å². The number of rotatable bonds is 4. The van der Waals surface area contributed by atoms with Crippen LogP contribution in [0.15, 0.2) is 55.0 Å². The first-order valence-electron chi connectivity index (χ1n) is 7.78. The fourth-order valence-electron chi connectivity index (χ4n) is 2.76. The van der Waals surface area contributed by atoms with Crippen molar-refractivity contribution in [2.24, 2.45) is 0 Å². The molecule has 3 rings (SSSR count). The number of phenols is 1. The second kappa shape index (κ2) is 6.58. The molecular formula is C19H19N2O3+. The predicted octanol–water partition coefficient (Wildman–Crippen LogP) is 2.66. The lowest BCUT2D eigenvalue weighted by Crippen LogP contribution is -2.30. The molecule has 0 unspecified atom stereocenters. The third-order valence-corrected chi connectivity index (χ3v) is 3.96. The van der Waals surface area contributed by atoms with E-state index in [1.165, 1.54) is 0 Å². The SMILES string of the molecule is CC[n+]1ccc(C=C2C=CN(CC(=O)O)c3c(O)cccc32)cc1. The molecule has 0 saturated heterocycles. The summed E-state index contributed by atoms with van der Waals surface area (Å²) < 4.78 is 2.08. The molecule has 0 fully saturated rings. The molecule has 5 heteroatoms. The number of pyridine rings is 1. The number of para-hydroxylation sites is 1. The van der Waals surface area contributed by atoms with Crippen LogP contribution in [-0.4, -0.2) is 22.7 Å². The Morgan fingerprint density at radius 2 is 2.00 bits per heavy atom. The number of carboxylic acid groups (broad SMARTS) is 1. The highest BCUT2D eigenvalue weighted by Gasteiger charge is 2.21. The molecule has 1 aliphatic heterocycles. The van der Waals surface area contributed by atoms with Gasteiger partial charge in [0.2, 0.25) is 0 Å². The van der Waals surface area contributed by atoms with E-state index in [0.717, 1.165) is 23.2 Å². The molecular weight excluding hydrogens is 304 g/mol. The lowest BCUT2D eigenvalue weighted by molar-refractivity contribution is -0.693. The number of aliphatic carboxylic acids is 1. The van der Waals surface area contributed by atoms with Gasteiger partial charge >= 0.3 is 5.97 Å². The van der Waals surface area contributed by atoms with Gasteiger partial charge in [-0.05, 0) is 36.3 Å². The Morgan fingerprint density at radius 3 is 2.67 bits per heavy atom. The third-order valence-electron chi connectivity index (χ3n) is 3.96. The minimum Gasteiger partial charge on any atom is -0.506 e. The van der Waals surface area contributed by atoms with Gasteiger partial charge in [0.25, 0.3) is 0 Å². The van der Waals surface area contributed by atoms with Gasteiger partial charge in [0.15, 0.2) is 12.4 Å². The van der Waals surface area contributed by atoms with Crippen molar-refractivity contribution in [3.8, 4) is 5.75 Å². The molecule has 122 valence electrons. The van der Waals surface area contributed by atoms with Gasteiger partial charge in [-0.15, -0.1) is 0 Å². The molecule has 0 atom stereocenters. The van der Waals surface area contributed by atoms with E-state index in [4.69, 9.17) is 5.11 Å². The Kier molecular flexibility index (Phi) is 4.33. The number of carboxylic acids is 1. The minimum absolute atomic E-state index is 0.0703. The van der Waals surface area contributed by atoms with Crippen molar-refractivity contribution < 1.29 is 19.6 Å². The van der Waals surface area contributed by atoms with E-state index in [2.05, 4.69) is 11.5 Å². The van der Waals surface area contributed by atoms with Crippen LogP contribution in [0.25, 0.3) is 11.6 Å². The van der Waals surface area contributed by atoms with Gasteiger partial charge in [-0.3, -0.25) is 4.79 Å². The second-order valence-electron chi connectivity index (χ2n) is 5.57. The van der Waals surface area contributed by atoms with Crippen molar-refractivity contribution in [2.45, 2.75) is 13.5 Å². The number of anilines is 1. The van der Waals surface area contributed by atoms with E-state index in [-0.39, 0.29) is 12.3 Å². The van der Waals surface area contributed by atoms with Crippen molar-refractivity contribution in [3.63, 3.8) is 0 Å². The molecule has 0 bridgehead atoms. The van der Waals surface area contributed by atoms with Crippen molar-refractivity contribution in [1.82, 2.24) is 0 Å². The van der Waals surface area contributed by atoms with Gasteiger partial charge in [-0.25, -0.2) is 4.57 Å². The van der Waals surface area contributed by atoms with Crippen molar-refractivity contribution in [3.05, 3.63) is 66.1 Å². The summed E-state index contributed by atoms with van der Waals surface area (Å²) in [6, 6.07) is 9.26. The number of aromatic nitrogens is 1. The number of nitrogens with zero attached hydrogens (tertiary/aromatic N) is 2. The quantitative estimate of drug-likeness (QED) is 0.849. The average molecular weight is 323 g/mol. The van der Waals surface area contributed by atoms with Crippen LogP contribution in [0.1, 0.15) is 18.1 Å². The molecule has 5 nitrogen and oxygen atoms in total. The maximum atomic E-state index is 11.0. The van der Waals surface area contributed by atoms with Crippen LogP contribution >= 0.6 is 0 Å². The van der Waals surface area contributed by atoms with Gasteiger partial charge in [-0.1, -0.05) is 12.1 Å². The van der Waals surface area contributed by atoms with Crippen LogP contribution in [0.5, 0.6) is 5.75 Å². The largest absolute Gasteiger partial charge is 0.506 e. The van der Waals surface area contributed by atoms with Gasteiger partial charge in [0, 0.05) is 23.9 Å². The van der Waals surface area contributed by atoms with Crippen molar-refractivity contribution >= 4 is 23.3 Å². The van der Waals surface area contributed by atoms with E-state index in [9.17, 15) is 9.90 Å². The van der Waals surface area contributed by atoms with E-state index < -0.39 is 5.97 Å². The zero-order valence-electron chi connectivity index (χ0n) is 13.4. The van der Waals surface area contributed by atoms with Gasteiger partial charge in [0.1, 0.15) is 18.8 Å². The molecule has 1 aliphatic rings. The lowest BCUT2D eigenvalue weighted by Gasteiger charge is -2.27. The summed E-state index contributed by atoms with van der Waals surface area (Å²) in [6.07, 6.45) is 9.60. The number of carbonyl (C=O) groups is 1. The number of allylic oxidation sites excluding steroid dienone is 2. The first kappa shape index (κ1) is 15.8. The van der Waals surface area contributed by atoms with E-state index in [1.54, 1.807) is 23.2 Å². The van der Waals surface area contributed by atoms with Crippen LogP contribution in [0, 0.1) is 0 Å². The normalized spacial score (nSPS) is 14.7. The molecule has 2 N–H and O–H groups in total. The number of phenolic OH excluding ortho intramolecular Hbond substituents is 1. The molecule has 0 spiro atoms. The maximum absolute atomic E-state index is 11.0. The van der Waals surface area contributed by atoms with E-state index in [1.807, 2.05) is 42.7 Å². The Hall–Kier alpha value is -3.08. The maximum Gasteiger partial charge on any atom is 0.323 e. The summed E-state index contributed by atoms with van der Waals surface area (Å²) in [5, 5.41) is 19.3. The average Bonchev–Trinajstić information content (AvgIpc) is 2.57. The number of benzene rings is 1. The smallest absolute Gasteiger partial charge is 0.323 e. The number of hydrogen-bond donors (Lipinski definition) is 2. The Morgan fingerprint density at radius 1 is 1.25 bits per heavy atom. The van der Waals surface area contributed by atoms with Crippen LogP contribution in [-0.2, 0) is 11.3 Å². The molecule has 0 radical (unpaired) electrons. The number of fused-ring (bicyclic) bond motifs is 1. The topological polar surface area (TPSA) is 64.7 Å². The summed E-state index contributed by atoms with van der Waals surface area (Å²) in [5.74, 6) is -0.880. The van der Waals surface area contributed by atoms with Gasteiger partial charge in [0.05, 0.1) is 5.69 Å². The predicted molar refractivity (Wildman–Crippen MR) is 92.4 cm³/mol. The van der Waals surface area contributed by atoms with Crippen LogP contribution in [0.3, 0.4) is 0 Å². The second-order valence-corrected chi connectivity index (χ2v) is 5.57. The zero-order chi connectivity index (χ0) is 17.1. The van der Waals surface area contributed by atoms with Crippen LogP contribution in [0.2, 0.25) is 0 Å². The summed E-state index contributed by atoms with van der Waals surface area (Å²) in [4.78, 5) is 12.6. The molecule has 0 saturated carbocycles. The standard InChI is InChI=1S/C19H18N2O3/c1-2-20-9-6-14(7-10-20)12-15-8-11-21(13-18(23)24)19-16(15)4-3-5-17(19)22/h3-12H,2,13H2,1H3,(H-,22,23,24)/p+1. The number of aryl methyl sites for hydroxylation is 1.